The second-order valence-electron chi connectivity index (χ2n) is 6.42. The normalized spacial score (nSPS) is 11.8. The van der Waals surface area contributed by atoms with Gasteiger partial charge in [-0.05, 0) is 60.2 Å². The predicted octanol–water partition coefficient (Wildman–Crippen LogP) is 0.934. The van der Waals surface area contributed by atoms with Gasteiger partial charge in [-0.15, -0.1) is 5.10 Å². The number of carbonyl (C=O) groups excluding carboxylic acids is 1. The first-order chi connectivity index (χ1) is 14.4. The lowest BCUT2D eigenvalue weighted by Gasteiger charge is -2.18. The van der Waals surface area contributed by atoms with Crippen LogP contribution in [0.25, 0.3) is 5.82 Å². The lowest BCUT2D eigenvalue weighted by atomic mass is 10.1. The summed E-state index contributed by atoms with van der Waals surface area (Å²) < 4.78 is 5.99. The first-order valence-corrected chi connectivity index (χ1v) is 9.33. The van der Waals surface area contributed by atoms with E-state index in [2.05, 4.69) is 40.7 Å². The van der Waals surface area contributed by atoms with E-state index in [1.807, 2.05) is 13.8 Å². The van der Waals surface area contributed by atoms with Gasteiger partial charge in [0.2, 0.25) is 11.6 Å². The van der Waals surface area contributed by atoms with Crippen LogP contribution in [0.15, 0.2) is 34.0 Å². The van der Waals surface area contributed by atoms with Gasteiger partial charge in [0, 0.05) is 6.54 Å². The summed E-state index contributed by atoms with van der Waals surface area (Å²) in [7, 11) is 0. The Balaban J connectivity index is 1.89. The zero-order valence-electron chi connectivity index (χ0n) is 16.9. The molecule has 0 unspecified atom stereocenters. The first kappa shape index (κ1) is 20.9. The maximum absolute atomic E-state index is 12.8. The topological polar surface area (TPSA) is 161 Å². The van der Waals surface area contributed by atoms with Gasteiger partial charge in [-0.1, -0.05) is 19.1 Å². The number of anilines is 1. The van der Waals surface area contributed by atoms with Crippen molar-refractivity contribution in [1.29, 1.82) is 0 Å². The fraction of sp³-hybridized carbons (Fsp3) is 0.333. The minimum Gasteiger partial charge on any atom is -0.508 e. The smallest absolute Gasteiger partial charge is 0.293 e. The van der Waals surface area contributed by atoms with Gasteiger partial charge in [0.15, 0.2) is 5.69 Å². The molecule has 0 aliphatic carbocycles. The number of hydrogen-bond acceptors (Lipinski definition) is 10. The average molecular weight is 413 g/mol. The van der Waals surface area contributed by atoms with E-state index in [0.29, 0.717) is 18.0 Å². The Hall–Kier alpha value is -3.80. The molecule has 3 rings (SSSR count). The average Bonchev–Trinajstić information content (AvgIpc) is 3.35. The molecule has 12 nitrogen and oxygen atoms in total. The van der Waals surface area contributed by atoms with Crippen molar-refractivity contribution in [2.24, 2.45) is 5.10 Å². The fourth-order valence-electron chi connectivity index (χ4n) is 2.74. The van der Waals surface area contributed by atoms with Gasteiger partial charge in [-0.3, -0.25) is 9.69 Å². The summed E-state index contributed by atoms with van der Waals surface area (Å²) in [6.45, 7) is 7.65. The lowest BCUT2D eigenvalue weighted by Crippen LogP contribution is -2.27. The van der Waals surface area contributed by atoms with Crippen LogP contribution in [0.2, 0.25) is 0 Å². The Morgan fingerprint density at radius 3 is 2.57 bits per heavy atom. The van der Waals surface area contributed by atoms with Crippen LogP contribution in [-0.2, 0) is 6.54 Å². The van der Waals surface area contributed by atoms with Crippen molar-refractivity contribution < 1.29 is 14.5 Å². The monoisotopic (exact) mass is 413 g/mol. The number of aromatic hydroxyl groups is 1. The first-order valence-electron chi connectivity index (χ1n) is 9.33. The van der Waals surface area contributed by atoms with Crippen LogP contribution in [0, 0.1) is 0 Å². The van der Waals surface area contributed by atoms with E-state index < -0.39 is 5.91 Å². The highest BCUT2D eigenvalue weighted by Gasteiger charge is 2.25. The van der Waals surface area contributed by atoms with Crippen LogP contribution >= 0.6 is 0 Å². The number of nitrogen functional groups attached to an aromatic ring is 1. The Morgan fingerprint density at radius 1 is 1.27 bits per heavy atom. The maximum Gasteiger partial charge on any atom is 0.293 e. The second-order valence-corrected chi connectivity index (χ2v) is 6.42. The fourth-order valence-corrected chi connectivity index (χ4v) is 2.74. The Kier molecular flexibility index (Phi) is 6.37. The minimum atomic E-state index is -0.531. The van der Waals surface area contributed by atoms with E-state index in [0.717, 1.165) is 18.7 Å². The van der Waals surface area contributed by atoms with Gasteiger partial charge < -0.3 is 10.8 Å². The summed E-state index contributed by atoms with van der Waals surface area (Å²) in [6, 6.07) is 6.48. The van der Waals surface area contributed by atoms with Crippen molar-refractivity contribution in [3.8, 4) is 11.6 Å². The maximum atomic E-state index is 12.8. The largest absolute Gasteiger partial charge is 0.508 e. The predicted molar refractivity (Wildman–Crippen MR) is 108 cm³/mol. The summed E-state index contributed by atoms with van der Waals surface area (Å²) in [5.74, 6) is -0.187. The van der Waals surface area contributed by atoms with Crippen molar-refractivity contribution in [1.82, 2.24) is 35.6 Å². The summed E-state index contributed by atoms with van der Waals surface area (Å²) in [5.41, 5.74) is 10.2. The number of carbonyl (C=O) groups is 1. The highest BCUT2D eigenvalue weighted by Crippen LogP contribution is 2.17. The molecule has 4 N–H and O–H groups in total. The zero-order valence-corrected chi connectivity index (χ0v) is 16.9. The Bertz CT molecular complexity index is 1040. The summed E-state index contributed by atoms with van der Waals surface area (Å²) in [5, 5.41) is 28.8. The molecule has 1 aromatic carbocycles. The molecule has 3 aromatic rings. The number of rotatable bonds is 8. The van der Waals surface area contributed by atoms with E-state index in [4.69, 9.17) is 5.73 Å². The van der Waals surface area contributed by atoms with Gasteiger partial charge in [0.25, 0.3) is 5.91 Å². The number of nitrogens with two attached hydrogens (primary N) is 1. The number of phenolic OH excluding ortho intramolecular Hbond substituents is 1. The standard InChI is InChI=1S/C18H23N9O3/c1-4-26(5-2)10-14-15(21-25-27(14)17-16(19)23-30-24-17)18(29)22-20-11(3)12-6-8-13(28)9-7-12/h6-9,28H,4-5,10H2,1-3H3,(H2,19,23)(H,22,29). The molecule has 12 heteroatoms. The number of benzene rings is 1. The molecular weight excluding hydrogens is 390 g/mol. The molecule has 0 aliphatic heterocycles. The van der Waals surface area contributed by atoms with Crippen LogP contribution in [0.4, 0.5) is 5.82 Å². The van der Waals surface area contributed by atoms with Crippen LogP contribution in [0.5, 0.6) is 5.75 Å². The van der Waals surface area contributed by atoms with Crippen LogP contribution in [0.1, 0.15) is 42.5 Å². The second kappa shape index (κ2) is 9.13. The molecule has 0 bridgehead atoms. The van der Waals surface area contributed by atoms with E-state index in [1.165, 1.54) is 4.68 Å². The number of hydrogen-bond donors (Lipinski definition) is 3. The van der Waals surface area contributed by atoms with Crippen LogP contribution in [-0.4, -0.2) is 60.0 Å². The van der Waals surface area contributed by atoms with E-state index >= 15 is 0 Å². The van der Waals surface area contributed by atoms with Gasteiger partial charge >= 0.3 is 0 Å². The molecule has 1 amide bonds. The number of hydrazone groups is 1. The number of nitrogens with zero attached hydrogens (tertiary/aromatic N) is 7. The summed E-state index contributed by atoms with van der Waals surface area (Å²) in [4.78, 5) is 14.9. The molecule has 0 radical (unpaired) electrons. The number of aromatic nitrogens is 5. The molecule has 2 heterocycles. The van der Waals surface area contributed by atoms with Gasteiger partial charge in [-0.2, -0.15) is 9.78 Å². The molecular formula is C18H23N9O3. The summed E-state index contributed by atoms with van der Waals surface area (Å²) in [6.07, 6.45) is 0. The molecule has 0 fully saturated rings. The van der Waals surface area contributed by atoms with Crippen molar-refractivity contribution >= 4 is 17.4 Å². The highest BCUT2D eigenvalue weighted by atomic mass is 16.6. The summed E-state index contributed by atoms with van der Waals surface area (Å²) >= 11 is 0. The third-order valence-corrected chi connectivity index (χ3v) is 4.55. The van der Waals surface area contributed by atoms with Gasteiger partial charge in [0.05, 0.1) is 11.4 Å². The molecule has 0 saturated heterocycles. The molecule has 0 saturated carbocycles. The van der Waals surface area contributed by atoms with Crippen molar-refractivity contribution in [2.75, 3.05) is 18.8 Å². The van der Waals surface area contributed by atoms with Crippen molar-refractivity contribution in [3.05, 3.63) is 41.2 Å². The van der Waals surface area contributed by atoms with Gasteiger partial charge in [0.1, 0.15) is 5.75 Å². The molecule has 158 valence electrons. The molecule has 0 atom stereocenters. The van der Waals surface area contributed by atoms with E-state index in [-0.39, 0.29) is 23.1 Å². The van der Waals surface area contributed by atoms with Crippen LogP contribution in [0.3, 0.4) is 0 Å². The van der Waals surface area contributed by atoms with E-state index in [1.54, 1.807) is 31.2 Å². The molecule has 0 aliphatic rings. The number of amides is 1. The minimum absolute atomic E-state index is 0.0360. The highest BCUT2D eigenvalue weighted by molar-refractivity contribution is 6.00. The molecule has 2 aromatic heterocycles. The molecule has 30 heavy (non-hydrogen) atoms. The Labute approximate surface area is 172 Å². The molecule has 0 spiro atoms. The third-order valence-electron chi connectivity index (χ3n) is 4.55. The SMILES string of the molecule is CCN(CC)Cc1c(C(=O)NN=C(C)c2ccc(O)cc2)nnn1-c1nonc1N. The van der Waals surface area contributed by atoms with Crippen LogP contribution < -0.4 is 11.2 Å². The van der Waals surface area contributed by atoms with Gasteiger partial charge in [-0.25, -0.2) is 10.1 Å². The number of phenols is 1. The van der Waals surface area contributed by atoms with Crippen molar-refractivity contribution in [2.45, 2.75) is 27.3 Å². The zero-order chi connectivity index (χ0) is 21.7. The third kappa shape index (κ3) is 4.43. The van der Waals surface area contributed by atoms with Crippen molar-refractivity contribution in [3.63, 3.8) is 0 Å². The van der Waals surface area contributed by atoms with E-state index in [9.17, 15) is 9.90 Å². The lowest BCUT2D eigenvalue weighted by molar-refractivity contribution is 0.0947. The number of nitrogens with one attached hydrogen (secondary N) is 1. The Morgan fingerprint density at radius 2 is 1.97 bits per heavy atom. The quantitative estimate of drug-likeness (QED) is 0.360.